The van der Waals surface area contributed by atoms with Gasteiger partial charge in [-0.1, -0.05) is 12.8 Å². The largest absolute Gasteiger partial charge is 0.380 e. The first kappa shape index (κ1) is 8.02. The predicted molar refractivity (Wildman–Crippen MR) is 41.8 cm³/mol. The SMILES string of the molecule is CCOCC(N)CC1CC1. The third-order valence-corrected chi connectivity index (χ3v) is 1.87. The molecule has 0 heterocycles. The Morgan fingerprint density at radius 3 is 2.80 bits per heavy atom. The fraction of sp³-hybridized carbons (Fsp3) is 1.00. The Hall–Kier alpha value is -0.0800. The average Bonchev–Trinajstić information content (AvgIpc) is 2.67. The van der Waals surface area contributed by atoms with E-state index in [9.17, 15) is 0 Å². The molecule has 0 bridgehead atoms. The molecule has 0 radical (unpaired) electrons. The van der Waals surface area contributed by atoms with Gasteiger partial charge >= 0.3 is 0 Å². The zero-order valence-electron chi connectivity index (χ0n) is 6.68. The van der Waals surface area contributed by atoms with Gasteiger partial charge in [-0.05, 0) is 19.3 Å². The second-order valence-electron chi connectivity index (χ2n) is 3.10. The lowest BCUT2D eigenvalue weighted by molar-refractivity contribution is 0.129. The van der Waals surface area contributed by atoms with Gasteiger partial charge in [0, 0.05) is 12.6 Å². The molecule has 10 heavy (non-hydrogen) atoms. The number of hydrogen-bond donors (Lipinski definition) is 1. The van der Waals surface area contributed by atoms with Gasteiger partial charge in [0.15, 0.2) is 0 Å². The van der Waals surface area contributed by atoms with Gasteiger partial charge in [-0.15, -0.1) is 0 Å². The Balaban J connectivity index is 1.91. The summed E-state index contributed by atoms with van der Waals surface area (Å²) in [5, 5.41) is 0. The van der Waals surface area contributed by atoms with Gasteiger partial charge in [0.05, 0.1) is 6.61 Å². The van der Waals surface area contributed by atoms with Gasteiger partial charge in [0.25, 0.3) is 0 Å². The maximum absolute atomic E-state index is 5.78. The van der Waals surface area contributed by atoms with Crippen LogP contribution in [0.4, 0.5) is 0 Å². The van der Waals surface area contributed by atoms with Crippen LogP contribution < -0.4 is 5.73 Å². The normalized spacial score (nSPS) is 21.0. The third-order valence-electron chi connectivity index (χ3n) is 1.87. The number of hydrogen-bond acceptors (Lipinski definition) is 2. The second kappa shape index (κ2) is 3.94. The van der Waals surface area contributed by atoms with Crippen LogP contribution in [-0.4, -0.2) is 19.3 Å². The van der Waals surface area contributed by atoms with E-state index in [1.54, 1.807) is 0 Å². The van der Waals surface area contributed by atoms with Crippen molar-refractivity contribution in [3.63, 3.8) is 0 Å². The molecule has 1 fully saturated rings. The molecule has 2 nitrogen and oxygen atoms in total. The first-order valence-electron chi connectivity index (χ1n) is 4.16. The Kier molecular flexibility index (Phi) is 3.16. The molecule has 1 aliphatic carbocycles. The van der Waals surface area contributed by atoms with Gasteiger partial charge in [-0.25, -0.2) is 0 Å². The highest BCUT2D eigenvalue weighted by Gasteiger charge is 2.23. The van der Waals surface area contributed by atoms with E-state index in [2.05, 4.69) is 0 Å². The first-order chi connectivity index (χ1) is 4.83. The van der Waals surface area contributed by atoms with Crippen LogP contribution in [-0.2, 0) is 4.74 Å². The second-order valence-corrected chi connectivity index (χ2v) is 3.10. The molecule has 1 aliphatic rings. The molecule has 1 atom stereocenters. The summed E-state index contributed by atoms with van der Waals surface area (Å²) in [4.78, 5) is 0. The van der Waals surface area contributed by atoms with E-state index in [4.69, 9.17) is 10.5 Å². The molecule has 0 aromatic rings. The van der Waals surface area contributed by atoms with Crippen molar-refractivity contribution in [2.24, 2.45) is 11.7 Å². The maximum Gasteiger partial charge on any atom is 0.0617 e. The van der Waals surface area contributed by atoms with Gasteiger partial charge < -0.3 is 10.5 Å². The fourth-order valence-corrected chi connectivity index (χ4v) is 1.12. The molecular formula is C8H17NO. The van der Waals surface area contributed by atoms with E-state index < -0.39 is 0 Å². The van der Waals surface area contributed by atoms with Gasteiger partial charge in [-0.2, -0.15) is 0 Å². The minimum absolute atomic E-state index is 0.285. The number of ether oxygens (including phenoxy) is 1. The van der Waals surface area contributed by atoms with Crippen molar-refractivity contribution in [2.75, 3.05) is 13.2 Å². The molecule has 0 aromatic carbocycles. The van der Waals surface area contributed by atoms with Crippen molar-refractivity contribution in [3.8, 4) is 0 Å². The van der Waals surface area contributed by atoms with Gasteiger partial charge in [0.2, 0.25) is 0 Å². The van der Waals surface area contributed by atoms with Crippen LogP contribution in [0.25, 0.3) is 0 Å². The summed E-state index contributed by atoms with van der Waals surface area (Å²) in [7, 11) is 0. The van der Waals surface area contributed by atoms with E-state index in [0.29, 0.717) is 0 Å². The van der Waals surface area contributed by atoms with Crippen LogP contribution in [0.3, 0.4) is 0 Å². The molecule has 0 aliphatic heterocycles. The molecule has 1 saturated carbocycles. The lowest BCUT2D eigenvalue weighted by Gasteiger charge is -2.09. The van der Waals surface area contributed by atoms with Crippen LogP contribution >= 0.6 is 0 Å². The lowest BCUT2D eigenvalue weighted by Crippen LogP contribution is -2.26. The van der Waals surface area contributed by atoms with Crippen LogP contribution in [0, 0.1) is 5.92 Å². The van der Waals surface area contributed by atoms with Crippen molar-refractivity contribution in [1.29, 1.82) is 0 Å². The summed E-state index contributed by atoms with van der Waals surface area (Å²) in [5.41, 5.74) is 5.78. The Labute approximate surface area is 62.7 Å². The minimum atomic E-state index is 0.285. The lowest BCUT2D eigenvalue weighted by atomic mass is 10.2. The molecule has 0 aromatic heterocycles. The van der Waals surface area contributed by atoms with Crippen LogP contribution in [0.1, 0.15) is 26.2 Å². The van der Waals surface area contributed by atoms with Crippen molar-refractivity contribution < 1.29 is 4.74 Å². The van der Waals surface area contributed by atoms with Crippen molar-refractivity contribution >= 4 is 0 Å². The molecule has 2 heteroatoms. The maximum atomic E-state index is 5.78. The third kappa shape index (κ3) is 3.18. The van der Waals surface area contributed by atoms with E-state index in [-0.39, 0.29) is 6.04 Å². The molecule has 1 rings (SSSR count). The quantitative estimate of drug-likeness (QED) is 0.626. The van der Waals surface area contributed by atoms with Crippen LogP contribution in [0.5, 0.6) is 0 Å². The molecule has 1 unspecified atom stereocenters. The highest BCUT2D eigenvalue weighted by Crippen LogP contribution is 2.32. The molecule has 0 saturated heterocycles. The summed E-state index contributed by atoms with van der Waals surface area (Å²) in [6.45, 7) is 3.54. The van der Waals surface area contributed by atoms with E-state index in [1.807, 2.05) is 6.92 Å². The molecular weight excluding hydrogens is 126 g/mol. The molecule has 2 N–H and O–H groups in total. The number of nitrogens with two attached hydrogens (primary N) is 1. The average molecular weight is 143 g/mol. The monoisotopic (exact) mass is 143 g/mol. The zero-order valence-corrected chi connectivity index (χ0v) is 6.68. The van der Waals surface area contributed by atoms with Crippen LogP contribution in [0.15, 0.2) is 0 Å². The fourth-order valence-electron chi connectivity index (χ4n) is 1.12. The molecule has 0 spiro atoms. The number of rotatable bonds is 5. The molecule has 0 amide bonds. The van der Waals surface area contributed by atoms with Gasteiger partial charge in [-0.3, -0.25) is 0 Å². The minimum Gasteiger partial charge on any atom is -0.380 e. The van der Waals surface area contributed by atoms with Crippen LogP contribution in [0.2, 0.25) is 0 Å². The Morgan fingerprint density at radius 2 is 2.30 bits per heavy atom. The Bertz CT molecular complexity index is 91.3. The van der Waals surface area contributed by atoms with E-state index in [1.165, 1.54) is 19.3 Å². The summed E-state index contributed by atoms with van der Waals surface area (Å²) in [6, 6.07) is 0.285. The summed E-state index contributed by atoms with van der Waals surface area (Å²) >= 11 is 0. The van der Waals surface area contributed by atoms with Gasteiger partial charge in [0.1, 0.15) is 0 Å². The predicted octanol–water partition coefficient (Wildman–Crippen LogP) is 1.15. The zero-order chi connectivity index (χ0) is 7.40. The smallest absolute Gasteiger partial charge is 0.0617 e. The standard InChI is InChI=1S/C8H17NO/c1-2-10-6-8(9)5-7-3-4-7/h7-8H,2-6,9H2,1H3. The topological polar surface area (TPSA) is 35.2 Å². The summed E-state index contributed by atoms with van der Waals surface area (Å²) in [6.07, 6.45) is 3.94. The highest BCUT2D eigenvalue weighted by atomic mass is 16.5. The van der Waals surface area contributed by atoms with Crippen molar-refractivity contribution in [1.82, 2.24) is 0 Å². The molecule has 60 valence electrons. The Morgan fingerprint density at radius 1 is 1.60 bits per heavy atom. The van der Waals surface area contributed by atoms with E-state index in [0.717, 1.165) is 19.1 Å². The summed E-state index contributed by atoms with van der Waals surface area (Å²) in [5.74, 6) is 0.926. The van der Waals surface area contributed by atoms with Crippen molar-refractivity contribution in [3.05, 3.63) is 0 Å². The van der Waals surface area contributed by atoms with Crippen molar-refractivity contribution in [2.45, 2.75) is 32.2 Å². The highest BCUT2D eigenvalue weighted by molar-refractivity contribution is 4.77. The first-order valence-corrected chi connectivity index (χ1v) is 4.16. The van der Waals surface area contributed by atoms with E-state index >= 15 is 0 Å². The summed E-state index contributed by atoms with van der Waals surface area (Å²) < 4.78 is 5.20.